The van der Waals surface area contributed by atoms with Gasteiger partial charge in [0.05, 0.1) is 12.0 Å². The second kappa shape index (κ2) is 3.79. The summed E-state index contributed by atoms with van der Waals surface area (Å²) >= 11 is 0. The van der Waals surface area contributed by atoms with Crippen LogP contribution in [0.15, 0.2) is 23.1 Å². The Balaban J connectivity index is 3.29. The van der Waals surface area contributed by atoms with Crippen molar-refractivity contribution in [3.63, 3.8) is 0 Å². The average Bonchev–Trinajstić information content (AvgIpc) is 2.17. The lowest BCUT2D eigenvalue weighted by Gasteiger charge is -2.05. The second-order valence-electron chi connectivity index (χ2n) is 2.77. The zero-order valence-electron chi connectivity index (χ0n) is 7.85. The van der Waals surface area contributed by atoms with Gasteiger partial charge in [-0.1, -0.05) is 0 Å². The van der Waals surface area contributed by atoms with Crippen molar-refractivity contribution in [3.05, 3.63) is 23.8 Å². The SMILES string of the molecule is COc1ccc(S(=O)(=O)C=O)cc1C. The van der Waals surface area contributed by atoms with Gasteiger partial charge in [0, 0.05) is 0 Å². The minimum Gasteiger partial charge on any atom is -0.496 e. The highest BCUT2D eigenvalue weighted by molar-refractivity contribution is 8.04. The lowest BCUT2D eigenvalue weighted by molar-refractivity contribution is 0.411. The number of benzene rings is 1. The van der Waals surface area contributed by atoms with Crippen molar-refractivity contribution in [2.24, 2.45) is 0 Å². The fourth-order valence-electron chi connectivity index (χ4n) is 1.08. The number of rotatable bonds is 3. The topological polar surface area (TPSA) is 60.4 Å². The molecule has 0 radical (unpaired) electrons. The third-order valence-electron chi connectivity index (χ3n) is 1.82. The summed E-state index contributed by atoms with van der Waals surface area (Å²) in [6.45, 7) is 1.71. The summed E-state index contributed by atoms with van der Waals surface area (Å²) < 4.78 is 27.3. The highest BCUT2D eigenvalue weighted by atomic mass is 32.2. The van der Waals surface area contributed by atoms with Crippen LogP contribution in [0.2, 0.25) is 0 Å². The Morgan fingerprint density at radius 1 is 1.36 bits per heavy atom. The van der Waals surface area contributed by atoms with Crippen molar-refractivity contribution in [3.8, 4) is 5.75 Å². The number of carbonyl (C=O) groups excluding carboxylic acids is 1. The maximum Gasteiger partial charge on any atom is 0.238 e. The van der Waals surface area contributed by atoms with Crippen LogP contribution in [0.3, 0.4) is 0 Å². The molecule has 0 saturated carbocycles. The number of methoxy groups -OCH3 is 1. The van der Waals surface area contributed by atoms with E-state index in [0.717, 1.165) is 0 Å². The van der Waals surface area contributed by atoms with Crippen LogP contribution in [-0.4, -0.2) is 21.1 Å². The molecule has 1 rings (SSSR count). The van der Waals surface area contributed by atoms with Crippen molar-refractivity contribution in [1.29, 1.82) is 0 Å². The molecule has 0 amide bonds. The molecule has 0 heterocycles. The number of aryl methyl sites for hydroxylation is 1. The average molecular weight is 214 g/mol. The molecule has 0 spiro atoms. The zero-order chi connectivity index (χ0) is 10.8. The number of ether oxygens (including phenoxy) is 1. The molecule has 4 nitrogen and oxygen atoms in total. The Bertz CT molecular complexity index is 448. The first kappa shape index (κ1) is 10.7. The molecule has 0 bridgehead atoms. The molecule has 0 fully saturated rings. The molecule has 76 valence electrons. The highest BCUT2D eigenvalue weighted by Crippen LogP contribution is 2.21. The Labute approximate surface area is 82.4 Å². The number of sulfone groups is 1. The van der Waals surface area contributed by atoms with Gasteiger partial charge < -0.3 is 4.74 Å². The molecule has 0 atom stereocenters. The summed E-state index contributed by atoms with van der Waals surface area (Å²) in [4.78, 5) is 10.3. The Morgan fingerprint density at radius 3 is 2.43 bits per heavy atom. The van der Waals surface area contributed by atoms with Gasteiger partial charge in [-0.2, -0.15) is 0 Å². The van der Waals surface area contributed by atoms with E-state index in [1.54, 1.807) is 6.92 Å². The summed E-state index contributed by atoms with van der Waals surface area (Å²) in [5.41, 5.74) is 0.615. The Hall–Kier alpha value is -1.36. The smallest absolute Gasteiger partial charge is 0.238 e. The summed E-state index contributed by atoms with van der Waals surface area (Å²) in [5.74, 6) is 0.592. The van der Waals surface area contributed by atoms with Gasteiger partial charge in [-0.15, -0.1) is 0 Å². The third-order valence-corrected chi connectivity index (χ3v) is 2.99. The van der Waals surface area contributed by atoms with Gasteiger partial charge in [0.25, 0.3) is 0 Å². The van der Waals surface area contributed by atoms with Crippen molar-refractivity contribution in [2.75, 3.05) is 7.11 Å². The predicted octanol–water partition coefficient (Wildman–Crippen LogP) is 0.968. The van der Waals surface area contributed by atoms with Crippen LogP contribution >= 0.6 is 0 Å². The quantitative estimate of drug-likeness (QED) is 0.703. The van der Waals surface area contributed by atoms with Crippen molar-refractivity contribution in [1.82, 2.24) is 0 Å². The highest BCUT2D eigenvalue weighted by Gasteiger charge is 2.13. The minimum atomic E-state index is -3.78. The first-order valence-corrected chi connectivity index (χ1v) is 5.41. The van der Waals surface area contributed by atoms with Crippen LogP contribution in [0.5, 0.6) is 5.75 Å². The maximum absolute atomic E-state index is 11.1. The third kappa shape index (κ3) is 1.93. The molecule has 0 unspecified atom stereocenters. The zero-order valence-corrected chi connectivity index (χ0v) is 8.67. The molecule has 0 aliphatic rings. The number of hydrogen-bond donors (Lipinski definition) is 0. The van der Waals surface area contributed by atoms with Gasteiger partial charge in [0.15, 0.2) is 0 Å². The number of hydrogen-bond acceptors (Lipinski definition) is 4. The second-order valence-corrected chi connectivity index (χ2v) is 4.53. The van der Waals surface area contributed by atoms with Crippen molar-refractivity contribution >= 4 is 15.5 Å². The summed E-state index contributed by atoms with van der Waals surface area (Å²) in [7, 11) is -2.29. The Morgan fingerprint density at radius 2 is 2.00 bits per heavy atom. The van der Waals surface area contributed by atoms with Crippen LogP contribution < -0.4 is 4.74 Å². The van der Waals surface area contributed by atoms with E-state index in [1.165, 1.54) is 25.3 Å². The van der Waals surface area contributed by atoms with Crippen molar-refractivity contribution < 1.29 is 17.9 Å². The minimum absolute atomic E-state index is 0.00852. The van der Waals surface area contributed by atoms with Gasteiger partial charge in [-0.25, -0.2) is 8.42 Å². The molecule has 14 heavy (non-hydrogen) atoms. The van der Waals surface area contributed by atoms with E-state index in [1.807, 2.05) is 0 Å². The van der Waals surface area contributed by atoms with Crippen LogP contribution in [-0.2, 0) is 14.6 Å². The molecular weight excluding hydrogens is 204 g/mol. The van der Waals surface area contributed by atoms with E-state index in [4.69, 9.17) is 4.74 Å². The maximum atomic E-state index is 11.1. The van der Waals surface area contributed by atoms with E-state index in [0.29, 0.717) is 11.3 Å². The standard InChI is InChI=1S/C9H10O4S/c1-7-5-8(14(11,12)6-10)3-4-9(7)13-2/h3-6H,1-2H3. The van der Waals surface area contributed by atoms with Crippen LogP contribution in [0.4, 0.5) is 0 Å². The van der Waals surface area contributed by atoms with Crippen LogP contribution in [0.1, 0.15) is 5.56 Å². The van der Waals surface area contributed by atoms with Gasteiger partial charge in [-0.05, 0) is 30.7 Å². The van der Waals surface area contributed by atoms with E-state index >= 15 is 0 Å². The van der Waals surface area contributed by atoms with E-state index in [9.17, 15) is 13.2 Å². The molecule has 5 heteroatoms. The van der Waals surface area contributed by atoms with Gasteiger partial charge in [0.2, 0.25) is 15.5 Å². The summed E-state index contributed by atoms with van der Waals surface area (Å²) in [6, 6.07) is 4.27. The normalized spacial score (nSPS) is 11.0. The van der Waals surface area contributed by atoms with Crippen LogP contribution in [0, 0.1) is 6.92 Å². The molecule has 0 N–H and O–H groups in total. The lowest BCUT2D eigenvalue weighted by Crippen LogP contribution is -2.02. The Kier molecular flexibility index (Phi) is 2.90. The molecule has 1 aromatic rings. The van der Waals surface area contributed by atoms with E-state index in [-0.39, 0.29) is 10.5 Å². The number of carbonyl (C=O) groups is 1. The summed E-state index contributed by atoms with van der Waals surface area (Å²) in [5, 5.41) is 0. The fraction of sp³-hybridized carbons (Fsp3) is 0.222. The molecule has 0 aliphatic carbocycles. The van der Waals surface area contributed by atoms with E-state index in [2.05, 4.69) is 0 Å². The van der Waals surface area contributed by atoms with Crippen LogP contribution in [0.25, 0.3) is 0 Å². The van der Waals surface area contributed by atoms with Gasteiger partial charge in [0.1, 0.15) is 5.75 Å². The fourth-order valence-corrected chi connectivity index (χ4v) is 1.79. The van der Waals surface area contributed by atoms with Crippen molar-refractivity contribution in [2.45, 2.75) is 11.8 Å². The largest absolute Gasteiger partial charge is 0.496 e. The lowest BCUT2D eigenvalue weighted by atomic mass is 10.2. The molecule has 0 saturated heterocycles. The monoisotopic (exact) mass is 214 g/mol. The molecular formula is C9H10O4S. The molecule has 0 aliphatic heterocycles. The first-order chi connectivity index (χ1) is 6.51. The molecule has 0 aromatic heterocycles. The summed E-state index contributed by atoms with van der Waals surface area (Å²) in [6.07, 6.45) is 0. The predicted molar refractivity (Wildman–Crippen MR) is 51.7 cm³/mol. The van der Waals surface area contributed by atoms with E-state index < -0.39 is 9.84 Å². The molecule has 1 aromatic carbocycles. The first-order valence-electron chi connectivity index (χ1n) is 3.86. The van der Waals surface area contributed by atoms with Gasteiger partial charge >= 0.3 is 0 Å². The van der Waals surface area contributed by atoms with Gasteiger partial charge in [-0.3, -0.25) is 4.79 Å².